The summed E-state index contributed by atoms with van der Waals surface area (Å²) in [6, 6.07) is 0. The number of carbonyl (C=O) groups is 2. The molecule has 5 heteroatoms. The van der Waals surface area contributed by atoms with Gasteiger partial charge in [-0.05, 0) is 19.3 Å². The van der Waals surface area contributed by atoms with Crippen LogP contribution in [0, 0.1) is 0 Å². The largest absolute Gasteiger partial charge is 0.512 e. The number of hydrogen-bond donors (Lipinski definition) is 2. The molecule has 5 nitrogen and oxygen atoms in total. The third-order valence-corrected chi connectivity index (χ3v) is 4.64. The van der Waals surface area contributed by atoms with Gasteiger partial charge < -0.3 is 14.9 Å². The number of ether oxygens (including phenoxy) is 1. The third kappa shape index (κ3) is 17.6. The Bertz CT molecular complexity index is 417. The lowest BCUT2D eigenvalue weighted by Gasteiger charge is -2.15. The van der Waals surface area contributed by atoms with Crippen LogP contribution in [0.1, 0.15) is 110 Å². The molecule has 0 radical (unpaired) electrons. The summed E-state index contributed by atoms with van der Waals surface area (Å²) in [4.78, 5) is 22.8. The van der Waals surface area contributed by atoms with E-state index in [1.54, 1.807) is 0 Å². The van der Waals surface area contributed by atoms with Crippen LogP contribution in [0.5, 0.6) is 0 Å². The number of carboxylic acids is 1. The number of carbonyl (C=O) groups excluding carboxylic acids is 1. The van der Waals surface area contributed by atoms with Crippen molar-refractivity contribution in [3.05, 3.63) is 11.8 Å². The van der Waals surface area contributed by atoms with Crippen molar-refractivity contribution in [1.29, 1.82) is 0 Å². The van der Waals surface area contributed by atoms with Gasteiger partial charge >= 0.3 is 11.9 Å². The van der Waals surface area contributed by atoms with Crippen LogP contribution in [-0.2, 0) is 14.3 Å². The van der Waals surface area contributed by atoms with E-state index in [2.05, 4.69) is 13.8 Å². The average molecular weight is 385 g/mol. The predicted molar refractivity (Wildman–Crippen MR) is 109 cm³/mol. The third-order valence-electron chi connectivity index (χ3n) is 4.64. The Hall–Kier alpha value is -1.52. The van der Waals surface area contributed by atoms with Crippen molar-refractivity contribution in [1.82, 2.24) is 0 Å². The molecule has 0 aliphatic carbocycles. The Morgan fingerprint density at radius 2 is 1.33 bits per heavy atom. The number of unbranched alkanes of at least 4 members (excludes halogenated alkanes) is 10. The number of aliphatic hydroxyl groups excluding tert-OH is 1. The minimum atomic E-state index is -0.979. The van der Waals surface area contributed by atoms with E-state index in [4.69, 9.17) is 9.84 Å². The predicted octanol–water partition coefficient (Wildman–Crippen LogP) is 6.32. The van der Waals surface area contributed by atoms with Crippen LogP contribution in [0.4, 0.5) is 0 Å². The van der Waals surface area contributed by atoms with Gasteiger partial charge in [-0.25, -0.2) is 4.79 Å². The Labute approximate surface area is 165 Å². The lowest BCUT2D eigenvalue weighted by molar-refractivity contribution is -0.148. The first kappa shape index (κ1) is 25.5. The molecule has 0 spiro atoms. The van der Waals surface area contributed by atoms with Crippen molar-refractivity contribution in [3.8, 4) is 0 Å². The normalized spacial score (nSPS) is 12.7. The van der Waals surface area contributed by atoms with Gasteiger partial charge in [0.25, 0.3) is 0 Å². The SMILES string of the molecule is CCCCCCCCCCCC(O)=CC(=O)OC(CCCCC)CC(=O)O. The molecular formula is C22H40O5. The van der Waals surface area contributed by atoms with Gasteiger partial charge in [0, 0.05) is 6.42 Å². The molecule has 0 fully saturated rings. The minimum absolute atomic E-state index is 0.0191. The molecule has 0 aromatic rings. The monoisotopic (exact) mass is 384 g/mol. The Morgan fingerprint density at radius 1 is 0.815 bits per heavy atom. The van der Waals surface area contributed by atoms with Gasteiger partial charge in [0.05, 0.1) is 18.3 Å². The molecule has 0 saturated heterocycles. The molecular weight excluding hydrogens is 344 g/mol. The zero-order chi connectivity index (χ0) is 20.3. The van der Waals surface area contributed by atoms with E-state index < -0.39 is 18.0 Å². The molecule has 158 valence electrons. The van der Waals surface area contributed by atoms with Crippen LogP contribution < -0.4 is 0 Å². The van der Waals surface area contributed by atoms with Crippen molar-refractivity contribution in [2.75, 3.05) is 0 Å². The molecule has 0 rings (SSSR count). The highest BCUT2D eigenvalue weighted by atomic mass is 16.5. The fourth-order valence-corrected chi connectivity index (χ4v) is 3.04. The van der Waals surface area contributed by atoms with Crippen molar-refractivity contribution in [3.63, 3.8) is 0 Å². The molecule has 0 amide bonds. The lowest BCUT2D eigenvalue weighted by atomic mass is 10.1. The Balaban J connectivity index is 3.98. The number of rotatable bonds is 18. The highest BCUT2D eigenvalue weighted by Gasteiger charge is 2.17. The maximum absolute atomic E-state index is 11.9. The van der Waals surface area contributed by atoms with Crippen LogP contribution >= 0.6 is 0 Å². The smallest absolute Gasteiger partial charge is 0.334 e. The van der Waals surface area contributed by atoms with Crippen molar-refractivity contribution >= 4 is 11.9 Å². The second-order valence-corrected chi connectivity index (χ2v) is 7.37. The van der Waals surface area contributed by atoms with Gasteiger partial charge in [-0.15, -0.1) is 0 Å². The number of hydrogen-bond acceptors (Lipinski definition) is 4. The van der Waals surface area contributed by atoms with Gasteiger partial charge in [-0.1, -0.05) is 78.1 Å². The van der Waals surface area contributed by atoms with Crippen molar-refractivity contribution in [2.24, 2.45) is 0 Å². The minimum Gasteiger partial charge on any atom is -0.512 e. The number of aliphatic hydroxyl groups is 1. The molecule has 27 heavy (non-hydrogen) atoms. The van der Waals surface area contributed by atoms with Crippen LogP contribution in [0.25, 0.3) is 0 Å². The van der Waals surface area contributed by atoms with Crippen molar-refractivity contribution in [2.45, 2.75) is 116 Å². The van der Waals surface area contributed by atoms with Crippen LogP contribution in [-0.4, -0.2) is 28.3 Å². The van der Waals surface area contributed by atoms with Gasteiger partial charge in [0.15, 0.2) is 0 Å². The molecule has 0 aromatic heterocycles. The molecule has 0 aromatic carbocycles. The van der Waals surface area contributed by atoms with Gasteiger partial charge in [0.2, 0.25) is 0 Å². The molecule has 0 heterocycles. The zero-order valence-corrected chi connectivity index (χ0v) is 17.4. The van der Waals surface area contributed by atoms with E-state index in [9.17, 15) is 14.7 Å². The zero-order valence-electron chi connectivity index (χ0n) is 17.4. The van der Waals surface area contributed by atoms with Crippen LogP contribution in [0.15, 0.2) is 11.8 Å². The fraction of sp³-hybridized carbons (Fsp3) is 0.818. The molecule has 2 N–H and O–H groups in total. The number of aliphatic carboxylic acids is 1. The van der Waals surface area contributed by atoms with Crippen LogP contribution in [0.2, 0.25) is 0 Å². The highest BCUT2D eigenvalue weighted by molar-refractivity contribution is 5.82. The van der Waals surface area contributed by atoms with E-state index in [1.807, 2.05) is 0 Å². The summed E-state index contributed by atoms with van der Waals surface area (Å²) < 4.78 is 5.21. The van der Waals surface area contributed by atoms with Gasteiger partial charge in [-0.3, -0.25) is 4.79 Å². The summed E-state index contributed by atoms with van der Waals surface area (Å²) in [6.45, 7) is 4.28. The number of esters is 1. The fourth-order valence-electron chi connectivity index (χ4n) is 3.04. The second kappa shape index (κ2) is 17.9. The maximum atomic E-state index is 11.9. The van der Waals surface area contributed by atoms with E-state index in [1.165, 1.54) is 38.5 Å². The molecule has 0 saturated carbocycles. The first-order chi connectivity index (χ1) is 13.0. The molecule has 0 aliphatic heterocycles. The Morgan fingerprint density at radius 3 is 1.89 bits per heavy atom. The Kier molecular flexibility index (Phi) is 16.9. The summed E-state index contributed by atoms with van der Waals surface area (Å²) in [6.07, 6.45) is 14.9. The molecule has 0 bridgehead atoms. The maximum Gasteiger partial charge on any atom is 0.334 e. The topological polar surface area (TPSA) is 83.8 Å². The van der Waals surface area contributed by atoms with E-state index in [0.29, 0.717) is 12.8 Å². The van der Waals surface area contributed by atoms with Gasteiger partial charge in [-0.2, -0.15) is 0 Å². The highest BCUT2D eigenvalue weighted by Crippen LogP contribution is 2.14. The first-order valence-corrected chi connectivity index (χ1v) is 10.8. The van der Waals surface area contributed by atoms with E-state index >= 15 is 0 Å². The van der Waals surface area contributed by atoms with Gasteiger partial charge in [0.1, 0.15) is 6.10 Å². The number of carboxylic acid groups (broad SMARTS) is 1. The van der Waals surface area contributed by atoms with Crippen molar-refractivity contribution < 1.29 is 24.5 Å². The molecule has 1 atom stereocenters. The molecule has 1 unspecified atom stereocenters. The van der Waals surface area contributed by atoms with E-state index in [-0.39, 0.29) is 12.2 Å². The van der Waals surface area contributed by atoms with E-state index in [0.717, 1.165) is 44.6 Å². The quantitative estimate of drug-likeness (QED) is 0.125. The lowest BCUT2D eigenvalue weighted by Crippen LogP contribution is -2.21. The average Bonchev–Trinajstić information content (AvgIpc) is 2.59. The van der Waals surface area contributed by atoms with Crippen LogP contribution in [0.3, 0.4) is 0 Å². The summed E-state index contributed by atoms with van der Waals surface area (Å²) in [7, 11) is 0. The standard InChI is InChI=1S/C22H40O5/c1-3-5-7-8-9-10-11-12-14-15-19(23)17-22(26)27-20(18-21(24)25)16-13-6-4-2/h17,20,23H,3-16,18H2,1-2H3,(H,24,25). The second-order valence-electron chi connectivity index (χ2n) is 7.37. The first-order valence-electron chi connectivity index (χ1n) is 10.8. The summed E-state index contributed by atoms with van der Waals surface area (Å²) in [5, 5.41) is 18.8. The summed E-state index contributed by atoms with van der Waals surface area (Å²) in [5.74, 6) is -1.61. The number of allylic oxidation sites excluding steroid dienone is 1. The molecule has 0 aliphatic rings. The summed E-state index contributed by atoms with van der Waals surface area (Å²) in [5.41, 5.74) is 0. The summed E-state index contributed by atoms with van der Waals surface area (Å²) >= 11 is 0.